The molecule has 6 nitrogen and oxygen atoms in total. The lowest BCUT2D eigenvalue weighted by molar-refractivity contribution is 0.0953. The van der Waals surface area contributed by atoms with Gasteiger partial charge in [-0.2, -0.15) is 0 Å². The summed E-state index contributed by atoms with van der Waals surface area (Å²) < 4.78 is 25.5. The van der Waals surface area contributed by atoms with Gasteiger partial charge in [0, 0.05) is 45.0 Å². The number of rotatable bonds is 7. The minimum Gasteiger partial charge on any atom is -0.371 e. The molecule has 0 radical (unpaired) electrons. The van der Waals surface area contributed by atoms with E-state index >= 15 is 0 Å². The quantitative estimate of drug-likeness (QED) is 0.739. The second kappa shape index (κ2) is 8.10. The number of para-hydroxylation sites is 1. The van der Waals surface area contributed by atoms with Gasteiger partial charge in [-0.1, -0.05) is 24.3 Å². The molecule has 0 fully saturated rings. The number of amides is 1. The average molecular weight is 388 g/mol. The molecular formula is C20H25N3O3S. The van der Waals surface area contributed by atoms with E-state index in [2.05, 4.69) is 28.4 Å². The van der Waals surface area contributed by atoms with E-state index in [0.717, 1.165) is 30.2 Å². The van der Waals surface area contributed by atoms with Crippen LogP contribution in [-0.2, 0) is 16.4 Å². The highest BCUT2D eigenvalue weighted by Crippen LogP contribution is 2.27. The highest BCUT2D eigenvalue weighted by atomic mass is 32.2. The second-order valence-corrected chi connectivity index (χ2v) is 8.94. The SMILES string of the molecule is CN(C)S(=O)(=O)c1cccc(C(=O)NCCCN2CCc3ccccc32)c1. The van der Waals surface area contributed by atoms with Crippen molar-refractivity contribution in [1.82, 2.24) is 9.62 Å². The van der Waals surface area contributed by atoms with Gasteiger partial charge in [0.1, 0.15) is 0 Å². The molecule has 2 aromatic rings. The molecule has 3 rings (SSSR count). The minimum atomic E-state index is -3.55. The average Bonchev–Trinajstić information content (AvgIpc) is 3.08. The fraction of sp³-hybridized carbons (Fsp3) is 0.350. The Bertz CT molecular complexity index is 926. The van der Waals surface area contributed by atoms with Crippen molar-refractivity contribution in [1.29, 1.82) is 0 Å². The van der Waals surface area contributed by atoms with Gasteiger partial charge < -0.3 is 10.2 Å². The summed E-state index contributed by atoms with van der Waals surface area (Å²) in [7, 11) is -0.609. The fourth-order valence-electron chi connectivity index (χ4n) is 3.22. The van der Waals surface area contributed by atoms with Crippen LogP contribution in [0.2, 0.25) is 0 Å². The number of hydrogen-bond acceptors (Lipinski definition) is 4. The summed E-state index contributed by atoms with van der Waals surface area (Å²) in [4.78, 5) is 14.8. The lowest BCUT2D eigenvalue weighted by Gasteiger charge is -2.19. The summed E-state index contributed by atoms with van der Waals surface area (Å²) >= 11 is 0. The van der Waals surface area contributed by atoms with Crippen LogP contribution in [0, 0.1) is 0 Å². The zero-order valence-corrected chi connectivity index (χ0v) is 16.5. The van der Waals surface area contributed by atoms with Crippen molar-refractivity contribution >= 4 is 21.6 Å². The molecule has 0 bridgehead atoms. The van der Waals surface area contributed by atoms with Crippen LogP contribution in [-0.4, -0.2) is 52.4 Å². The van der Waals surface area contributed by atoms with E-state index in [9.17, 15) is 13.2 Å². The number of fused-ring (bicyclic) bond motifs is 1. The van der Waals surface area contributed by atoms with Crippen LogP contribution >= 0.6 is 0 Å². The van der Waals surface area contributed by atoms with E-state index < -0.39 is 10.0 Å². The van der Waals surface area contributed by atoms with Crippen LogP contribution in [0.25, 0.3) is 0 Å². The second-order valence-electron chi connectivity index (χ2n) is 6.79. The Balaban J connectivity index is 1.53. The van der Waals surface area contributed by atoms with E-state index in [1.165, 1.54) is 37.5 Å². The fourth-order valence-corrected chi connectivity index (χ4v) is 4.17. The molecule has 0 saturated carbocycles. The number of nitrogens with one attached hydrogen (secondary N) is 1. The zero-order chi connectivity index (χ0) is 19.4. The maximum absolute atomic E-state index is 12.4. The number of benzene rings is 2. The smallest absolute Gasteiger partial charge is 0.251 e. The van der Waals surface area contributed by atoms with Gasteiger partial charge in [0.25, 0.3) is 5.91 Å². The molecule has 0 aliphatic carbocycles. The first-order valence-corrected chi connectivity index (χ1v) is 10.5. The number of anilines is 1. The molecule has 1 aliphatic rings. The van der Waals surface area contributed by atoms with Crippen molar-refractivity contribution < 1.29 is 13.2 Å². The van der Waals surface area contributed by atoms with Crippen molar-refractivity contribution in [3.05, 3.63) is 59.7 Å². The Morgan fingerprint density at radius 1 is 1.15 bits per heavy atom. The van der Waals surface area contributed by atoms with E-state index in [1.54, 1.807) is 12.1 Å². The van der Waals surface area contributed by atoms with Gasteiger partial charge in [0.05, 0.1) is 4.90 Å². The standard InChI is InChI=1S/C20H25N3O3S/c1-22(2)27(25,26)18-9-5-8-17(15-18)20(24)21-12-6-13-23-14-11-16-7-3-4-10-19(16)23/h3-5,7-10,15H,6,11-14H2,1-2H3,(H,21,24). The Kier molecular flexibility index (Phi) is 5.82. The highest BCUT2D eigenvalue weighted by molar-refractivity contribution is 7.89. The lowest BCUT2D eigenvalue weighted by Crippen LogP contribution is -2.29. The van der Waals surface area contributed by atoms with Gasteiger partial charge in [-0.05, 0) is 42.7 Å². The van der Waals surface area contributed by atoms with Crippen molar-refractivity contribution in [2.24, 2.45) is 0 Å². The Hall–Kier alpha value is -2.38. The van der Waals surface area contributed by atoms with Crippen LogP contribution < -0.4 is 10.2 Å². The first-order valence-electron chi connectivity index (χ1n) is 9.03. The molecule has 1 amide bonds. The third-order valence-corrected chi connectivity index (χ3v) is 6.56. The summed E-state index contributed by atoms with van der Waals surface area (Å²) in [6.07, 6.45) is 1.89. The molecule has 7 heteroatoms. The van der Waals surface area contributed by atoms with Crippen molar-refractivity contribution in [3.8, 4) is 0 Å². The van der Waals surface area contributed by atoms with Crippen LogP contribution in [0.5, 0.6) is 0 Å². The molecule has 0 unspecified atom stereocenters. The number of hydrogen-bond donors (Lipinski definition) is 1. The summed E-state index contributed by atoms with van der Waals surface area (Å²) in [6, 6.07) is 14.5. The largest absolute Gasteiger partial charge is 0.371 e. The van der Waals surface area contributed by atoms with Gasteiger partial charge in [-0.3, -0.25) is 4.79 Å². The molecule has 1 heterocycles. The van der Waals surface area contributed by atoms with Crippen molar-refractivity contribution in [2.75, 3.05) is 38.6 Å². The molecule has 0 spiro atoms. The molecular weight excluding hydrogens is 362 g/mol. The van der Waals surface area contributed by atoms with E-state index in [4.69, 9.17) is 0 Å². The molecule has 0 saturated heterocycles. The number of carbonyl (C=O) groups is 1. The van der Waals surface area contributed by atoms with E-state index in [0.29, 0.717) is 12.1 Å². The molecule has 27 heavy (non-hydrogen) atoms. The molecule has 0 atom stereocenters. The highest BCUT2D eigenvalue weighted by Gasteiger charge is 2.19. The normalized spacial score (nSPS) is 13.7. The minimum absolute atomic E-state index is 0.119. The van der Waals surface area contributed by atoms with Crippen LogP contribution in [0.3, 0.4) is 0 Å². The number of nitrogens with zero attached hydrogens (tertiary/aromatic N) is 2. The molecule has 144 valence electrons. The summed E-state index contributed by atoms with van der Waals surface area (Å²) in [5.74, 6) is -0.257. The summed E-state index contributed by atoms with van der Waals surface area (Å²) in [5.41, 5.74) is 3.01. The van der Waals surface area contributed by atoms with Crippen LogP contribution in [0.15, 0.2) is 53.4 Å². The molecule has 1 aliphatic heterocycles. The monoisotopic (exact) mass is 387 g/mol. The maximum Gasteiger partial charge on any atom is 0.251 e. The van der Waals surface area contributed by atoms with Crippen molar-refractivity contribution in [2.45, 2.75) is 17.7 Å². The summed E-state index contributed by atoms with van der Waals surface area (Å²) in [5, 5.41) is 2.88. The first kappa shape index (κ1) is 19.4. The number of sulfonamides is 1. The third-order valence-electron chi connectivity index (χ3n) is 4.75. The van der Waals surface area contributed by atoms with Gasteiger partial charge >= 0.3 is 0 Å². The maximum atomic E-state index is 12.4. The Labute approximate surface area is 160 Å². The Morgan fingerprint density at radius 3 is 2.70 bits per heavy atom. The van der Waals surface area contributed by atoms with Crippen molar-refractivity contribution in [3.63, 3.8) is 0 Å². The van der Waals surface area contributed by atoms with Crippen LogP contribution in [0.4, 0.5) is 5.69 Å². The summed E-state index contributed by atoms with van der Waals surface area (Å²) in [6.45, 7) is 2.44. The van der Waals surface area contributed by atoms with Gasteiger partial charge in [0.15, 0.2) is 0 Å². The molecule has 1 N–H and O–H groups in total. The predicted octanol–water partition coefficient (Wildman–Crippen LogP) is 2.12. The number of carbonyl (C=O) groups excluding carboxylic acids is 1. The van der Waals surface area contributed by atoms with Gasteiger partial charge in [-0.15, -0.1) is 0 Å². The topological polar surface area (TPSA) is 69.7 Å². The molecule has 0 aromatic heterocycles. The third kappa shape index (κ3) is 4.31. The van der Waals surface area contributed by atoms with Crippen LogP contribution in [0.1, 0.15) is 22.3 Å². The zero-order valence-electron chi connectivity index (χ0n) is 15.7. The van der Waals surface area contributed by atoms with Gasteiger partial charge in [0.2, 0.25) is 10.0 Å². The predicted molar refractivity (Wildman–Crippen MR) is 107 cm³/mol. The van der Waals surface area contributed by atoms with E-state index in [-0.39, 0.29) is 10.8 Å². The molecule has 2 aromatic carbocycles. The Morgan fingerprint density at radius 2 is 1.93 bits per heavy atom. The lowest BCUT2D eigenvalue weighted by atomic mass is 10.2. The van der Waals surface area contributed by atoms with Gasteiger partial charge in [-0.25, -0.2) is 12.7 Å². The van der Waals surface area contributed by atoms with E-state index in [1.807, 2.05) is 6.07 Å². The first-order chi connectivity index (χ1) is 12.9.